The standard InChI is InChI=1S/C19H19BrClFN2O/c20-14-3-6-17(18(22)11-14)19(25)23-16-7-9-24(10-8-16)12-13-1-4-15(21)5-2-13/h1-6,11,16H,7-10,12H2,(H,23,25). The number of carbonyl (C=O) groups is 1. The summed E-state index contributed by atoms with van der Waals surface area (Å²) < 4.78 is 14.5. The second-order valence-electron chi connectivity index (χ2n) is 6.27. The van der Waals surface area contributed by atoms with Gasteiger partial charge in [-0.2, -0.15) is 0 Å². The van der Waals surface area contributed by atoms with E-state index in [0.29, 0.717) is 4.47 Å². The molecular formula is C19H19BrClFN2O. The van der Waals surface area contributed by atoms with Crippen molar-refractivity contribution in [2.24, 2.45) is 0 Å². The highest BCUT2D eigenvalue weighted by Gasteiger charge is 2.22. The van der Waals surface area contributed by atoms with Crippen molar-refractivity contribution < 1.29 is 9.18 Å². The molecule has 0 saturated carbocycles. The van der Waals surface area contributed by atoms with Crippen molar-refractivity contribution in [2.75, 3.05) is 13.1 Å². The van der Waals surface area contributed by atoms with Gasteiger partial charge in [-0.3, -0.25) is 9.69 Å². The molecule has 2 aromatic carbocycles. The van der Waals surface area contributed by atoms with Crippen LogP contribution in [0.1, 0.15) is 28.8 Å². The molecule has 0 aliphatic carbocycles. The van der Waals surface area contributed by atoms with Gasteiger partial charge in [0.15, 0.2) is 0 Å². The molecule has 1 heterocycles. The van der Waals surface area contributed by atoms with Crippen LogP contribution >= 0.6 is 27.5 Å². The van der Waals surface area contributed by atoms with Crippen LogP contribution in [0.2, 0.25) is 5.02 Å². The summed E-state index contributed by atoms with van der Waals surface area (Å²) in [5.74, 6) is -0.854. The number of nitrogens with one attached hydrogen (secondary N) is 1. The third-order valence-electron chi connectivity index (χ3n) is 4.42. The third kappa shape index (κ3) is 5.03. The number of likely N-dealkylation sites (tertiary alicyclic amines) is 1. The summed E-state index contributed by atoms with van der Waals surface area (Å²) in [5, 5.41) is 3.69. The van der Waals surface area contributed by atoms with Crippen LogP contribution in [-0.4, -0.2) is 29.9 Å². The van der Waals surface area contributed by atoms with Gasteiger partial charge in [0.25, 0.3) is 5.91 Å². The zero-order chi connectivity index (χ0) is 17.8. The van der Waals surface area contributed by atoms with Gasteiger partial charge in [0, 0.05) is 35.2 Å². The van der Waals surface area contributed by atoms with E-state index >= 15 is 0 Å². The fourth-order valence-electron chi connectivity index (χ4n) is 3.02. The van der Waals surface area contributed by atoms with Gasteiger partial charge in [-0.05, 0) is 48.7 Å². The Bertz CT molecular complexity index is 746. The average Bonchev–Trinajstić information content (AvgIpc) is 2.58. The first kappa shape index (κ1) is 18.4. The summed E-state index contributed by atoms with van der Waals surface area (Å²) in [6, 6.07) is 12.4. The first-order valence-electron chi connectivity index (χ1n) is 8.24. The molecule has 0 bridgehead atoms. The molecule has 1 N–H and O–H groups in total. The Morgan fingerprint density at radius 2 is 1.88 bits per heavy atom. The molecule has 0 atom stereocenters. The topological polar surface area (TPSA) is 32.3 Å². The molecule has 1 aliphatic rings. The van der Waals surface area contributed by atoms with Crippen molar-refractivity contribution in [3.05, 3.63) is 68.9 Å². The summed E-state index contributed by atoms with van der Waals surface area (Å²) in [4.78, 5) is 14.6. The van der Waals surface area contributed by atoms with Crippen LogP contribution in [0.25, 0.3) is 0 Å². The highest BCUT2D eigenvalue weighted by molar-refractivity contribution is 9.10. The Morgan fingerprint density at radius 3 is 2.52 bits per heavy atom. The van der Waals surface area contributed by atoms with Crippen molar-refractivity contribution in [3.63, 3.8) is 0 Å². The van der Waals surface area contributed by atoms with Crippen LogP contribution in [0.5, 0.6) is 0 Å². The number of halogens is 3. The molecule has 0 radical (unpaired) electrons. The second kappa shape index (κ2) is 8.30. The van der Waals surface area contributed by atoms with Crippen LogP contribution < -0.4 is 5.32 Å². The number of amides is 1. The van der Waals surface area contributed by atoms with Gasteiger partial charge in [-0.15, -0.1) is 0 Å². The lowest BCUT2D eigenvalue weighted by Crippen LogP contribution is -2.44. The van der Waals surface area contributed by atoms with Gasteiger partial charge in [-0.25, -0.2) is 4.39 Å². The van der Waals surface area contributed by atoms with E-state index in [1.165, 1.54) is 17.7 Å². The van der Waals surface area contributed by atoms with Crippen LogP contribution in [-0.2, 0) is 6.54 Å². The minimum atomic E-state index is -0.507. The lowest BCUT2D eigenvalue weighted by molar-refractivity contribution is 0.0905. The lowest BCUT2D eigenvalue weighted by Gasteiger charge is -2.32. The van der Waals surface area contributed by atoms with Crippen molar-refractivity contribution in [2.45, 2.75) is 25.4 Å². The van der Waals surface area contributed by atoms with E-state index < -0.39 is 5.82 Å². The number of rotatable bonds is 4. The summed E-state index contributed by atoms with van der Waals surface area (Å²) in [7, 11) is 0. The van der Waals surface area contributed by atoms with E-state index in [4.69, 9.17) is 11.6 Å². The first-order chi connectivity index (χ1) is 12.0. The molecule has 0 aromatic heterocycles. The van der Waals surface area contributed by atoms with E-state index in [1.807, 2.05) is 24.3 Å². The average molecular weight is 426 g/mol. The minimum Gasteiger partial charge on any atom is -0.349 e. The maximum absolute atomic E-state index is 13.9. The van der Waals surface area contributed by atoms with Gasteiger partial charge >= 0.3 is 0 Å². The minimum absolute atomic E-state index is 0.0806. The van der Waals surface area contributed by atoms with E-state index in [9.17, 15) is 9.18 Å². The van der Waals surface area contributed by atoms with E-state index in [1.54, 1.807) is 6.07 Å². The van der Waals surface area contributed by atoms with Crippen LogP contribution in [0.15, 0.2) is 46.9 Å². The molecular weight excluding hydrogens is 407 g/mol. The molecule has 1 fully saturated rings. The third-order valence-corrected chi connectivity index (χ3v) is 5.16. The Kier molecular flexibility index (Phi) is 6.10. The molecule has 132 valence electrons. The molecule has 0 spiro atoms. The second-order valence-corrected chi connectivity index (χ2v) is 7.63. The summed E-state index contributed by atoms with van der Waals surface area (Å²) in [5.41, 5.74) is 1.32. The maximum Gasteiger partial charge on any atom is 0.254 e. The van der Waals surface area contributed by atoms with Crippen molar-refractivity contribution in [1.82, 2.24) is 10.2 Å². The Labute approximate surface area is 160 Å². The molecule has 25 heavy (non-hydrogen) atoms. The van der Waals surface area contributed by atoms with Crippen molar-refractivity contribution in [1.29, 1.82) is 0 Å². The quantitative estimate of drug-likeness (QED) is 0.774. The van der Waals surface area contributed by atoms with Crippen LogP contribution in [0, 0.1) is 5.82 Å². The van der Waals surface area contributed by atoms with Gasteiger partial charge in [0.05, 0.1) is 5.56 Å². The maximum atomic E-state index is 13.9. The van der Waals surface area contributed by atoms with Gasteiger partial charge in [0.1, 0.15) is 5.82 Å². The molecule has 1 amide bonds. The molecule has 1 saturated heterocycles. The molecule has 2 aromatic rings. The fourth-order valence-corrected chi connectivity index (χ4v) is 3.48. The normalized spacial score (nSPS) is 16.0. The van der Waals surface area contributed by atoms with E-state index in [-0.39, 0.29) is 17.5 Å². The number of hydrogen-bond donors (Lipinski definition) is 1. The lowest BCUT2D eigenvalue weighted by atomic mass is 10.0. The molecule has 1 aliphatic heterocycles. The highest BCUT2D eigenvalue weighted by Crippen LogP contribution is 2.18. The molecule has 3 nitrogen and oxygen atoms in total. The van der Waals surface area contributed by atoms with Crippen molar-refractivity contribution in [3.8, 4) is 0 Å². The van der Waals surface area contributed by atoms with Gasteiger partial charge in [0.2, 0.25) is 0 Å². The number of nitrogens with zero attached hydrogens (tertiary/aromatic N) is 1. The van der Waals surface area contributed by atoms with Gasteiger partial charge < -0.3 is 5.32 Å². The van der Waals surface area contributed by atoms with Crippen molar-refractivity contribution >= 4 is 33.4 Å². The van der Waals surface area contributed by atoms with Crippen LogP contribution in [0.4, 0.5) is 4.39 Å². The smallest absolute Gasteiger partial charge is 0.254 e. The predicted octanol–water partition coefficient (Wildman–Crippen LogP) is 4.64. The van der Waals surface area contributed by atoms with E-state index in [0.717, 1.165) is 37.5 Å². The zero-order valence-corrected chi connectivity index (χ0v) is 16.0. The predicted molar refractivity (Wildman–Crippen MR) is 101 cm³/mol. The summed E-state index contributed by atoms with van der Waals surface area (Å²) in [6.45, 7) is 2.67. The van der Waals surface area contributed by atoms with Gasteiger partial charge in [-0.1, -0.05) is 39.7 Å². The molecule has 3 rings (SSSR count). The SMILES string of the molecule is O=C(NC1CCN(Cc2ccc(Cl)cc2)CC1)c1ccc(Br)cc1F. The fraction of sp³-hybridized carbons (Fsp3) is 0.316. The summed E-state index contributed by atoms with van der Waals surface area (Å²) >= 11 is 9.11. The zero-order valence-electron chi connectivity index (χ0n) is 13.6. The summed E-state index contributed by atoms with van der Waals surface area (Å²) in [6.07, 6.45) is 1.72. The first-order valence-corrected chi connectivity index (χ1v) is 9.41. The number of carbonyl (C=O) groups excluding carboxylic acids is 1. The molecule has 0 unspecified atom stereocenters. The highest BCUT2D eigenvalue weighted by atomic mass is 79.9. The monoisotopic (exact) mass is 424 g/mol. The number of piperidine rings is 1. The number of hydrogen-bond acceptors (Lipinski definition) is 2. The Balaban J connectivity index is 1.50. The van der Waals surface area contributed by atoms with Crippen LogP contribution in [0.3, 0.4) is 0 Å². The largest absolute Gasteiger partial charge is 0.349 e. The molecule has 6 heteroatoms. The van der Waals surface area contributed by atoms with E-state index in [2.05, 4.69) is 26.1 Å². The number of benzene rings is 2. The Hall–Kier alpha value is -1.43. The Morgan fingerprint density at radius 1 is 1.20 bits per heavy atom.